The second-order valence-electron chi connectivity index (χ2n) is 8.26. The number of aryl methyl sites for hydroxylation is 1. The molecule has 0 saturated carbocycles. The number of hydrogen-bond donors (Lipinski definition) is 2. The molecule has 1 fully saturated rings. The van der Waals surface area contributed by atoms with Crippen LogP contribution in [0.2, 0.25) is 0 Å². The van der Waals surface area contributed by atoms with E-state index in [9.17, 15) is 14.4 Å². The Morgan fingerprint density at radius 2 is 1.94 bits per heavy atom. The summed E-state index contributed by atoms with van der Waals surface area (Å²) in [6.07, 6.45) is 0. The lowest BCUT2D eigenvalue weighted by Crippen LogP contribution is -2.42. The molecule has 0 aliphatic carbocycles. The minimum atomic E-state index is -1.30. The zero-order chi connectivity index (χ0) is 22.3. The first kappa shape index (κ1) is 20.7. The fourth-order valence-electron chi connectivity index (χ4n) is 3.91. The van der Waals surface area contributed by atoms with Gasteiger partial charge < -0.3 is 20.1 Å². The quantitative estimate of drug-likeness (QED) is 0.720. The molecule has 4 amide bonds. The Hall–Kier alpha value is -3.55. The molecular formula is C23H25N3O5. The number of carbonyl (C=O) groups is 3. The lowest BCUT2D eigenvalue weighted by molar-refractivity contribution is -0.133. The molecule has 2 N–H and O–H groups in total. The van der Waals surface area contributed by atoms with E-state index in [1.54, 1.807) is 25.1 Å². The van der Waals surface area contributed by atoms with E-state index >= 15 is 0 Å². The highest BCUT2D eigenvalue weighted by Gasteiger charge is 2.50. The molecule has 4 rings (SSSR count). The predicted molar refractivity (Wildman–Crippen MR) is 114 cm³/mol. The highest BCUT2D eigenvalue weighted by Crippen LogP contribution is 2.38. The summed E-state index contributed by atoms with van der Waals surface area (Å²) in [6.45, 7) is 7.33. The number of nitrogens with one attached hydrogen (secondary N) is 2. The molecule has 8 heteroatoms. The van der Waals surface area contributed by atoms with Crippen molar-refractivity contribution in [2.45, 2.75) is 39.2 Å². The third-order valence-corrected chi connectivity index (χ3v) is 5.72. The van der Waals surface area contributed by atoms with Gasteiger partial charge in [-0.2, -0.15) is 0 Å². The predicted octanol–water partition coefficient (Wildman–Crippen LogP) is 3.25. The van der Waals surface area contributed by atoms with Gasteiger partial charge in [-0.15, -0.1) is 0 Å². The van der Waals surface area contributed by atoms with E-state index in [0.717, 1.165) is 16.0 Å². The van der Waals surface area contributed by atoms with Crippen LogP contribution in [0.25, 0.3) is 0 Å². The number of urea groups is 1. The summed E-state index contributed by atoms with van der Waals surface area (Å²) in [5, 5.41) is 5.59. The summed E-state index contributed by atoms with van der Waals surface area (Å²) in [6, 6.07) is 10.3. The smallest absolute Gasteiger partial charge is 0.325 e. The van der Waals surface area contributed by atoms with Crippen molar-refractivity contribution in [1.82, 2.24) is 10.2 Å². The van der Waals surface area contributed by atoms with Crippen molar-refractivity contribution in [3.63, 3.8) is 0 Å². The second-order valence-corrected chi connectivity index (χ2v) is 8.26. The first-order chi connectivity index (χ1) is 14.7. The highest BCUT2D eigenvalue weighted by atomic mass is 16.7. The third kappa shape index (κ3) is 3.58. The summed E-state index contributed by atoms with van der Waals surface area (Å²) in [4.78, 5) is 39.5. The number of anilines is 1. The fourth-order valence-corrected chi connectivity index (χ4v) is 3.91. The number of fused-ring (bicyclic) bond motifs is 1. The summed E-state index contributed by atoms with van der Waals surface area (Å²) in [5.41, 5.74) is 1.88. The Morgan fingerprint density at radius 3 is 2.68 bits per heavy atom. The van der Waals surface area contributed by atoms with Crippen molar-refractivity contribution < 1.29 is 23.9 Å². The second kappa shape index (κ2) is 7.61. The molecule has 1 unspecified atom stereocenters. The molecule has 2 aliphatic heterocycles. The van der Waals surface area contributed by atoms with Gasteiger partial charge in [0.15, 0.2) is 11.5 Å². The summed E-state index contributed by atoms with van der Waals surface area (Å²) >= 11 is 0. The summed E-state index contributed by atoms with van der Waals surface area (Å²) in [7, 11) is 0. The fraction of sp³-hybridized carbons (Fsp3) is 0.348. The van der Waals surface area contributed by atoms with Gasteiger partial charge in [0.25, 0.3) is 5.91 Å². The monoisotopic (exact) mass is 423 g/mol. The Morgan fingerprint density at radius 1 is 1.19 bits per heavy atom. The van der Waals surface area contributed by atoms with E-state index in [2.05, 4.69) is 10.6 Å². The summed E-state index contributed by atoms with van der Waals surface area (Å²) in [5.74, 6) is 0.369. The van der Waals surface area contributed by atoms with Crippen LogP contribution in [0.4, 0.5) is 10.5 Å². The molecule has 1 atom stereocenters. The maximum absolute atomic E-state index is 13.2. The Balaban J connectivity index is 1.53. The number of nitrogens with zero attached hydrogens (tertiary/aromatic N) is 1. The lowest BCUT2D eigenvalue weighted by Gasteiger charge is -2.22. The standard InChI is InChI=1S/C23H25N3O5/c1-13(2)16-7-5-6-14(3)20(16)24-19(27)11-26-21(28)23(4,25-22(26)29)15-8-9-17-18(10-15)31-12-30-17/h5-10,13H,11-12H2,1-4H3,(H,24,27)(H,25,29). The summed E-state index contributed by atoms with van der Waals surface area (Å²) < 4.78 is 10.7. The van der Waals surface area contributed by atoms with Crippen LogP contribution in [0.15, 0.2) is 36.4 Å². The van der Waals surface area contributed by atoms with Crippen molar-refractivity contribution in [3.05, 3.63) is 53.1 Å². The molecule has 162 valence electrons. The van der Waals surface area contributed by atoms with Crippen molar-refractivity contribution in [2.75, 3.05) is 18.7 Å². The topological polar surface area (TPSA) is 97.0 Å². The average Bonchev–Trinajstić information content (AvgIpc) is 3.27. The number of benzene rings is 2. The van der Waals surface area contributed by atoms with Crippen LogP contribution in [-0.4, -0.2) is 36.1 Å². The highest BCUT2D eigenvalue weighted by molar-refractivity contribution is 6.10. The first-order valence-electron chi connectivity index (χ1n) is 10.1. The normalized spacial score (nSPS) is 19.7. The van der Waals surface area contributed by atoms with Crippen molar-refractivity contribution >= 4 is 23.5 Å². The molecule has 2 aromatic carbocycles. The van der Waals surface area contributed by atoms with Gasteiger partial charge in [-0.3, -0.25) is 14.5 Å². The molecule has 31 heavy (non-hydrogen) atoms. The maximum atomic E-state index is 13.2. The van der Waals surface area contributed by atoms with Gasteiger partial charge in [0.2, 0.25) is 12.7 Å². The molecule has 0 spiro atoms. The molecule has 8 nitrogen and oxygen atoms in total. The van der Waals surface area contributed by atoms with Gasteiger partial charge in [0.1, 0.15) is 12.1 Å². The van der Waals surface area contributed by atoms with E-state index in [1.165, 1.54) is 0 Å². The van der Waals surface area contributed by atoms with E-state index in [4.69, 9.17) is 9.47 Å². The zero-order valence-corrected chi connectivity index (χ0v) is 17.9. The van der Waals surface area contributed by atoms with Crippen molar-refractivity contribution in [3.8, 4) is 11.5 Å². The third-order valence-electron chi connectivity index (χ3n) is 5.72. The molecule has 0 bridgehead atoms. The largest absolute Gasteiger partial charge is 0.454 e. The minimum absolute atomic E-state index is 0.110. The van der Waals surface area contributed by atoms with Gasteiger partial charge >= 0.3 is 6.03 Å². The van der Waals surface area contributed by atoms with Crippen LogP contribution in [0.5, 0.6) is 11.5 Å². The molecule has 1 saturated heterocycles. The van der Waals surface area contributed by atoms with Gasteiger partial charge in [0, 0.05) is 5.69 Å². The number of para-hydroxylation sites is 1. The number of rotatable bonds is 5. The Bertz CT molecular complexity index is 1080. The molecule has 2 aromatic rings. The van der Waals surface area contributed by atoms with Crippen LogP contribution in [0.3, 0.4) is 0 Å². The van der Waals surface area contributed by atoms with Gasteiger partial charge in [-0.05, 0) is 48.6 Å². The zero-order valence-electron chi connectivity index (χ0n) is 17.9. The number of amides is 4. The van der Waals surface area contributed by atoms with Crippen LogP contribution in [0.1, 0.15) is 43.4 Å². The number of hydrogen-bond acceptors (Lipinski definition) is 5. The van der Waals surface area contributed by atoms with E-state index < -0.39 is 23.4 Å². The molecular weight excluding hydrogens is 398 g/mol. The van der Waals surface area contributed by atoms with Crippen LogP contribution >= 0.6 is 0 Å². The molecule has 0 aromatic heterocycles. The lowest BCUT2D eigenvalue weighted by atomic mass is 9.91. The minimum Gasteiger partial charge on any atom is -0.454 e. The first-order valence-corrected chi connectivity index (χ1v) is 10.1. The van der Waals surface area contributed by atoms with Crippen molar-refractivity contribution in [2.24, 2.45) is 0 Å². The van der Waals surface area contributed by atoms with E-state index in [0.29, 0.717) is 22.7 Å². The van der Waals surface area contributed by atoms with E-state index in [1.807, 2.05) is 39.0 Å². The Labute approximate surface area is 180 Å². The Kier molecular flexibility index (Phi) is 5.08. The van der Waals surface area contributed by atoms with Gasteiger partial charge in [-0.1, -0.05) is 38.1 Å². The van der Waals surface area contributed by atoms with E-state index in [-0.39, 0.29) is 19.3 Å². The molecule has 0 radical (unpaired) electrons. The number of imide groups is 1. The number of ether oxygens (including phenoxy) is 2. The van der Waals surface area contributed by atoms with Crippen LogP contribution in [0, 0.1) is 6.92 Å². The molecule has 2 heterocycles. The van der Waals surface area contributed by atoms with Crippen molar-refractivity contribution in [1.29, 1.82) is 0 Å². The van der Waals surface area contributed by atoms with Gasteiger partial charge in [-0.25, -0.2) is 4.79 Å². The van der Waals surface area contributed by atoms with Crippen LogP contribution < -0.4 is 20.1 Å². The SMILES string of the molecule is Cc1cccc(C(C)C)c1NC(=O)CN1C(=O)NC(C)(c2ccc3c(c2)OCO3)C1=O. The van der Waals surface area contributed by atoms with Gasteiger partial charge in [0.05, 0.1) is 0 Å². The van der Waals surface area contributed by atoms with Crippen LogP contribution in [-0.2, 0) is 15.1 Å². The maximum Gasteiger partial charge on any atom is 0.325 e. The molecule has 2 aliphatic rings. The number of carbonyl (C=O) groups excluding carboxylic acids is 3. The average molecular weight is 423 g/mol.